The molecule has 0 spiro atoms. The quantitative estimate of drug-likeness (QED) is 0.344. The van der Waals surface area contributed by atoms with E-state index in [1.165, 1.54) is 0 Å². The van der Waals surface area contributed by atoms with Gasteiger partial charge in [0.15, 0.2) is 5.41 Å². The first-order valence-corrected chi connectivity index (χ1v) is 9.10. The molecule has 1 rings (SSSR count). The van der Waals surface area contributed by atoms with E-state index in [2.05, 4.69) is 6.92 Å². The Bertz CT molecular complexity index is 518. The zero-order valence-electron chi connectivity index (χ0n) is 15.8. The predicted octanol–water partition coefficient (Wildman–Crippen LogP) is 3.93. The highest BCUT2D eigenvalue weighted by Crippen LogP contribution is 2.31. The van der Waals surface area contributed by atoms with Crippen molar-refractivity contribution in [2.75, 3.05) is 19.8 Å². The van der Waals surface area contributed by atoms with Crippen molar-refractivity contribution in [3.63, 3.8) is 0 Å². The van der Waals surface area contributed by atoms with Crippen LogP contribution in [0.2, 0.25) is 0 Å². The molecule has 0 bridgehead atoms. The monoisotopic (exact) mass is 350 g/mol. The highest BCUT2D eigenvalue weighted by molar-refractivity contribution is 6.00. The number of carbonyl (C=O) groups is 2. The molecule has 0 N–H and O–H groups in total. The lowest BCUT2D eigenvalue weighted by Gasteiger charge is -2.28. The zero-order chi connectivity index (χ0) is 18.7. The fourth-order valence-electron chi connectivity index (χ4n) is 2.57. The number of rotatable bonds is 11. The van der Waals surface area contributed by atoms with Gasteiger partial charge in [0.1, 0.15) is 5.75 Å². The fourth-order valence-corrected chi connectivity index (χ4v) is 2.57. The van der Waals surface area contributed by atoms with Crippen molar-refractivity contribution in [1.82, 2.24) is 0 Å². The molecule has 5 heteroatoms. The maximum Gasteiger partial charge on any atom is 0.323 e. The van der Waals surface area contributed by atoms with E-state index < -0.39 is 17.4 Å². The van der Waals surface area contributed by atoms with Crippen molar-refractivity contribution in [2.45, 2.75) is 53.4 Å². The number of hydrogen-bond acceptors (Lipinski definition) is 5. The molecule has 0 saturated heterocycles. The van der Waals surface area contributed by atoms with Crippen molar-refractivity contribution in [2.24, 2.45) is 5.41 Å². The molecule has 0 aromatic heterocycles. The minimum Gasteiger partial charge on any atom is -0.494 e. The molecule has 0 radical (unpaired) electrons. The van der Waals surface area contributed by atoms with Gasteiger partial charge in [-0.2, -0.15) is 0 Å². The first kappa shape index (κ1) is 21.0. The van der Waals surface area contributed by atoms with Crippen LogP contribution in [0.5, 0.6) is 5.75 Å². The van der Waals surface area contributed by atoms with Gasteiger partial charge in [0.25, 0.3) is 0 Å². The number of unbranched alkanes of at least 4 members (excludes halogenated alkanes) is 1. The Balaban J connectivity index is 2.96. The Morgan fingerprint density at radius 2 is 1.48 bits per heavy atom. The lowest BCUT2D eigenvalue weighted by atomic mass is 9.79. The topological polar surface area (TPSA) is 61.8 Å². The first-order chi connectivity index (χ1) is 12.0. The maximum atomic E-state index is 12.5. The molecular weight excluding hydrogens is 320 g/mol. The fraction of sp³-hybridized carbons (Fsp3) is 0.600. The van der Waals surface area contributed by atoms with E-state index in [0.717, 1.165) is 24.2 Å². The molecule has 5 nitrogen and oxygen atoms in total. The standard InChI is InChI=1S/C20H30O5/c1-5-9-14-25-17-12-10-16(11-13-17)15-20(6-2,18(21)23-7-3)19(22)24-8-4/h10-13H,5-9,14-15H2,1-4H3. The molecule has 0 amide bonds. The van der Waals surface area contributed by atoms with Crippen LogP contribution in [-0.2, 0) is 25.5 Å². The van der Waals surface area contributed by atoms with Crippen LogP contribution in [0.25, 0.3) is 0 Å². The second-order valence-corrected chi connectivity index (χ2v) is 5.90. The van der Waals surface area contributed by atoms with Gasteiger partial charge in [-0.05, 0) is 50.8 Å². The summed E-state index contributed by atoms with van der Waals surface area (Å²) in [6.07, 6.45) is 2.65. The molecule has 0 aliphatic heterocycles. The van der Waals surface area contributed by atoms with Crippen LogP contribution in [-0.4, -0.2) is 31.8 Å². The van der Waals surface area contributed by atoms with E-state index in [1.54, 1.807) is 20.8 Å². The van der Waals surface area contributed by atoms with Gasteiger partial charge in [0.2, 0.25) is 0 Å². The maximum absolute atomic E-state index is 12.5. The molecule has 0 fully saturated rings. The molecule has 0 saturated carbocycles. The minimum absolute atomic E-state index is 0.226. The van der Waals surface area contributed by atoms with Gasteiger partial charge in [-0.1, -0.05) is 32.4 Å². The second-order valence-electron chi connectivity index (χ2n) is 5.90. The van der Waals surface area contributed by atoms with Gasteiger partial charge in [0.05, 0.1) is 19.8 Å². The summed E-state index contributed by atoms with van der Waals surface area (Å²) in [6.45, 7) is 8.50. The van der Waals surface area contributed by atoms with E-state index >= 15 is 0 Å². The Morgan fingerprint density at radius 3 is 1.92 bits per heavy atom. The van der Waals surface area contributed by atoms with Crippen LogP contribution in [0.15, 0.2) is 24.3 Å². The summed E-state index contributed by atoms with van der Waals surface area (Å²) in [5.41, 5.74) is -0.442. The molecule has 140 valence electrons. The molecule has 1 aromatic carbocycles. The van der Waals surface area contributed by atoms with Crippen LogP contribution in [0.1, 0.15) is 52.5 Å². The summed E-state index contributed by atoms with van der Waals surface area (Å²) < 4.78 is 16.0. The smallest absolute Gasteiger partial charge is 0.323 e. The third-order valence-electron chi connectivity index (χ3n) is 4.13. The predicted molar refractivity (Wildman–Crippen MR) is 96.5 cm³/mol. The van der Waals surface area contributed by atoms with Crippen molar-refractivity contribution in [1.29, 1.82) is 0 Å². The number of benzene rings is 1. The second kappa shape index (κ2) is 10.7. The lowest BCUT2D eigenvalue weighted by Crippen LogP contribution is -2.43. The third-order valence-corrected chi connectivity index (χ3v) is 4.13. The molecule has 0 unspecified atom stereocenters. The van der Waals surface area contributed by atoms with Crippen LogP contribution in [0, 0.1) is 5.41 Å². The Labute approximate surface area is 150 Å². The van der Waals surface area contributed by atoms with Crippen LogP contribution < -0.4 is 4.74 Å². The van der Waals surface area contributed by atoms with Gasteiger partial charge in [-0.25, -0.2) is 0 Å². The summed E-state index contributed by atoms with van der Waals surface area (Å²) in [6, 6.07) is 7.48. The van der Waals surface area contributed by atoms with Crippen molar-refractivity contribution in [3.05, 3.63) is 29.8 Å². The zero-order valence-corrected chi connectivity index (χ0v) is 15.8. The molecule has 25 heavy (non-hydrogen) atoms. The summed E-state index contributed by atoms with van der Waals surface area (Å²) >= 11 is 0. The third kappa shape index (κ3) is 5.76. The van der Waals surface area contributed by atoms with Crippen LogP contribution >= 0.6 is 0 Å². The van der Waals surface area contributed by atoms with Crippen LogP contribution in [0.3, 0.4) is 0 Å². The number of ether oxygens (including phenoxy) is 3. The normalized spacial score (nSPS) is 11.0. The highest BCUT2D eigenvalue weighted by Gasteiger charge is 2.47. The molecule has 0 atom stereocenters. The Morgan fingerprint density at radius 1 is 0.920 bits per heavy atom. The number of carbonyl (C=O) groups excluding carboxylic acids is 2. The SMILES string of the molecule is CCCCOc1ccc(CC(CC)(C(=O)OCC)C(=O)OCC)cc1. The van der Waals surface area contributed by atoms with Crippen molar-refractivity contribution in [3.8, 4) is 5.75 Å². The van der Waals surface area contributed by atoms with E-state index in [1.807, 2.05) is 24.3 Å². The Hall–Kier alpha value is -2.04. The van der Waals surface area contributed by atoms with Gasteiger partial charge >= 0.3 is 11.9 Å². The number of esters is 2. The average molecular weight is 350 g/mol. The number of hydrogen-bond donors (Lipinski definition) is 0. The molecular formula is C20H30O5. The van der Waals surface area contributed by atoms with Gasteiger partial charge in [-0.3, -0.25) is 9.59 Å². The van der Waals surface area contributed by atoms with Crippen LogP contribution in [0.4, 0.5) is 0 Å². The largest absolute Gasteiger partial charge is 0.494 e. The van der Waals surface area contributed by atoms with E-state index in [0.29, 0.717) is 13.0 Å². The molecule has 0 aliphatic carbocycles. The van der Waals surface area contributed by atoms with E-state index in [9.17, 15) is 9.59 Å². The van der Waals surface area contributed by atoms with Gasteiger partial charge in [-0.15, -0.1) is 0 Å². The molecule has 0 aliphatic rings. The summed E-state index contributed by atoms with van der Waals surface area (Å²) in [5.74, 6) is -0.273. The molecule has 1 aromatic rings. The average Bonchev–Trinajstić information content (AvgIpc) is 2.61. The van der Waals surface area contributed by atoms with Gasteiger partial charge < -0.3 is 14.2 Å². The van der Waals surface area contributed by atoms with E-state index in [-0.39, 0.29) is 19.6 Å². The summed E-state index contributed by atoms with van der Waals surface area (Å²) in [5, 5.41) is 0. The van der Waals surface area contributed by atoms with Crippen molar-refractivity contribution >= 4 is 11.9 Å². The van der Waals surface area contributed by atoms with E-state index in [4.69, 9.17) is 14.2 Å². The minimum atomic E-state index is -1.31. The van der Waals surface area contributed by atoms with Gasteiger partial charge in [0, 0.05) is 0 Å². The summed E-state index contributed by atoms with van der Waals surface area (Å²) in [7, 11) is 0. The molecule has 0 heterocycles. The first-order valence-electron chi connectivity index (χ1n) is 9.10. The lowest BCUT2D eigenvalue weighted by molar-refractivity contribution is -0.172. The Kier molecular flexibility index (Phi) is 9.03. The highest BCUT2D eigenvalue weighted by atomic mass is 16.6. The van der Waals surface area contributed by atoms with Crippen molar-refractivity contribution < 1.29 is 23.8 Å². The summed E-state index contributed by atoms with van der Waals surface area (Å²) in [4.78, 5) is 25.0.